The summed E-state index contributed by atoms with van der Waals surface area (Å²) in [5.74, 6) is -1.05. The van der Waals surface area contributed by atoms with Crippen LogP contribution in [0.15, 0.2) is 30.3 Å². The van der Waals surface area contributed by atoms with Crippen LogP contribution in [-0.4, -0.2) is 11.6 Å². The third kappa shape index (κ3) is 1.62. The van der Waals surface area contributed by atoms with E-state index in [-0.39, 0.29) is 0 Å². The summed E-state index contributed by atoms with van der Waals surface area (Å²) in [6, 6.07) is 15.1. The quantitative estimate of drug-likeness (QED) is 0.848. The molecule has 6 heteroatoms. The van der Waals surface area contributed by atoms with E-state index in [4.69, 9.17) is 4.74 Å². The Morgan fingerprint density at radius 1 is 1.08 bits per heavy atom. The number of benzene rings is 1. The molecule has 6 nitrogen and oxygen atoms in total. The normalized spacial score (nSPS) is 37.7. The fourth-order valence-corrected chi connectivity index (χ4v) is 4.92. The minimum Gasteiger partial charge on any atom is -0.345 e. The van der Waals surface area contributed by atoms with Crippen LogP contribution < -0.4 is 5.32 Å². The molecule has 3 aliphatic rings. The zero-order valence-electron chi connectivity index (χ0n) is 13.5. The van der Waals surface area contributed by atoms with Crippen LogP contribution in [0, 0.1) is 50.7 Å². The number of hydrogen-bond acceptors (Lipinski definition) is 5. The number of rotatable bonds is 1. The zero-order valence-corrected chi connectivity index (χ0v) is 13.5. The zero-order chi connectivity index (χ0) is 17.7. The Labute approximate surface area is 145 Å². The van der Waals surface area contributed by atoms with Gasteiger partial charge in [-0.05, 0) is 24.8 Å². The molecule has 1 aliphatic carbocycles. The lowest BCUT2D eigenvalue weighted by Crippen LogP contribution is -2.61. The molecule has 0 spiro atoms. The molecule has 4 atom stereocenters. The monoisotopic (exact) mass is 332 g/mol. The fourth-order valence-electron chi connectivity index (χ4n) is 4.92. The molecular weight excluding hydrogens is 316 g/mol. The number of carbonyl (C=O) groups is 1. The van der Waals surface area contributed by atoms with E-state index in [1.54, 1.807) is 24.3 Å². The lowest BCUT2D eigenvalue weighted by atomic mass is 9.51. The van der Waals surface area contributed by atoms with Gasteiger partial charge in [-0.15, -0.1) is 0 Å². The Hall–Kier alpha value is -2.88. The highest BCUT2D eigenvalue weighted by Crippen LogP contribution is 2.67. The third-order valence-electron chi connectivity index (χ3n) is 6.03. The Bertz CT molecular complexity index is 848. The van der Waals surface area contributed by atoms with Crippen molar-refractivity contribution in [2.45, 2.75) is 37.5 Å². The molecule has 1 aromatic rings. The minimum absolute atomic E-state index is 0.495. The van der Waals surface area contributed by atoms with Gasteiger partial charge in [0.25, 0.3) is 0 Å². The molecule has 0 unspecified atom stereocenters. The molecule has 3 fully saturated rings. The second-order valence-electron chi connectivity index (χ2n) is 7.00. The molecule has 2 bridgehead atoms. The predicted octanol–water partition coefficient (Wildman–Crippen LogP) is 2.32. The van der Waals surface area contributed by atoms with Gasteiger partial charge in [0, 0.05) is 5.92 Å². The third-order valence-corrected chi connectivity index (χ3v) is 6.03. The molecule has 1 aromatic carbocycles. The lowest BCUT2D eigenvalue weighted by Gasteiger charge is -2.52. The number of carbonyl (C=O) groups excluding carboxylic acids is 1. The van der Waals surface area contributed by atoms with Gasteiger partial charge in [-0.3, -0.25) is 4.79 Å². The number of ether oxygens (including phenoxy) is 1. The standard InChI is InChI=1S/C19H16N4O2/c20-10-17(11-21)15(13-6-2-1-3-7-13)25-19-9-5-4-8-14(19)18(17,12-22)16(24)23-19/h1-3,6-7,14-15H,4-5,8-9H2,(H,23,24)/t14-,15-,18+,19+/m1/s1. The molecule has 2 saturated heterocycles. The molecule has 1 N–H and O–H groups in total. The summed E-state index contributed by atoms with van der Waals surface area (Å²) >= 11 is 0. The average Bonchev–Trinajstić information content (AvgIpc) is 2.87. The number of nitrogens with zero attached hydrogens (tertiary/aromatic N) is 3. The first-order valence-corrected chi connectivity index (χ1v) is 8.39. The minimum atomic E-state index is -1.89. The summed E-state index contributed by atoms with van der Waals surface area (Å²) in [5.41, 5.74) is -3.96. The summed E-state index contributed by atoms with van der Waals surface area (Å²) in [6.45, 7) is 0. The van der Waals surface area contributed by atoms with Crippen LogP contribution in [0.5, 0.6) is 0 Å². The highest BCUT2D eigenvalue weighted by Gasteiger charge is 2.80. The Morgan fingerprint density at radius 2 is 1.80 bits per heavy atom. The Morgan fingerprint density at radius 3 is 2.44 bits per heavy atom. The summed E-state index contributed by atoms with van der Waals surface area (Å²) in [7, 11) is 0. The maximum atomic E-state index is 13.0. The molecule has 1 saturated carbocycles. The van der Waals surface area contributed by atoms with Crippen molar-refractivity contribution in [3.05, 3.63) is 35.9 Å². The SMILES string of the molecule is N#CC1(C#N)[C@@H](c2ccccc2)O[C@@]23CCCC[C@@H]2[C@@]1(C#N)C(=O)N3. The molecule has 2 heterocycles. The van der Waals surface area contributed by atoms with Crippen LogP contribution in [-0.2, 0) is 9.53 Å². The Kier molecular flexibility index (Phi) is 3.16. The van der Waals surface area contributed by atoms with Crippen molar-refractivity contribution in [1.29, 1.82) is 15.8 Å². The number of nitrogens with one attached hydrogen (secondary N) is 1. The van der Waals surface area contributed by atoms with Gasteiger partial charge in [0.05, 0.1) is 18.2 Å². The fraction of sp³-hybridized carbons (Fsp3) is 0.474. The van der Waals surface area contributed by atoms with E-state index in [9.17, 15) is 20.6 Å². The maximum Gasteiger partial charge on any atom is 0.246 e. The summed E-state index contributed by atoms with van der Waals surface area (Å²) in [5, 5.41) is 33.0. The van der Waals surface area contributed by atoms with Crippen molar-refractivity contribution >= 4 is 5.91 Å². The van der Waals surface area contributed by atoms with Crippen LogP contribution in [0.2, 0.25) is 0 Å². The molecule has 2 aliphatic heterocycles. The predicted molar refractivity (Wildman–Crippen MR) is 84.8 cm³/mol. The van der Waals surface area contributed by atoms with Crippen LogP contribution in [0.4, 0.5) is 0 Å². The number of hydrogen-bond donors (Lipinski definition) is 1. The first kappa shape index (κ1) is 15.6. The molecule has 1 amide bonds. The second kappa shape index (κ2) is 5.06. The van der Waals surface area contributed by atoms with Gasteiger partial charge in [0.2, 0.25) is 11.3 Å². The summed E-state index contributed by atoms with van der Waals surface area (Å²) < 4.78 is 6.32. The van der Waals surface area contributed by atoms with Crippen molar-refractivity contribution in [2.75, 3.05) is 0 Å². The maximum absolute atomic E-state index is 13.0. The van der Waals surface area contributed by atoms with Gasteiger partial charge >= 0.3 is 0 Å². The van der Waals surface area contributed by atoms with Crippen LogP contribution in [0.1, 0.15) is 37.4 Å². The van der Waals surface area contributed by atoms with Crippen molar-refractivity contribution < 1.29 is 9.53 Å². The topological polar surface area (TPSA) is 110 Å². The Balaban J connectivity index is 2.01. The van der Waals surface area contributed by atoms with Crippen LogP contribution in [0.25, 0.3) is 0 Å². The van der Waals surface area contributed by atoms with E-state index < -0.39 is 34.5 Å². The highest BCUT2D eigenvalue weighted by molar-refractivity contribution is 5.92. The summed E-state index contributed by atoms with van der Waals surface area (Å²) in [4.78, 5) is 13.0. The van der Waals surface area contributed by atoms with Gasteiger partial charge in [0.1, 0.15) is 11.8 Å². The van der Waals surface area contributed by atoms with Gasteiger partial charge in [-0.1, -0.05) is 36.8 Å². The van der Waals surface area contributed by atoms with Crippen molar-refractivity contribution in [1.82, 2.24) is 5.32 Å². The first-order valence-electron chi connectivity index (χ1n) is 8.39. The van der Waals surface area contributed by atoms with E-state index in [1.807, 2.05) is 18.2 Å². The largest absolute Gasteiger partial charge is 0.345 e. The number of amides is 1. The van der Waals surface area contributed by atoms with E-state index in [0.717, 1.165) is 12.8 Å². The highest BCUT2D eigenvalue weighted by atomic mass is 16.5. The lowest BCUT2D eigenvalue weighted by molar-refractivity contribution is -0.227. The van der Waals surface area contributed by atoms with Crippen molar-refractivity contribution in [3.63, 3.8) is 0 Å². The molecule has 4 rings (SSSR count). The van der Waals surface area contributed by atoms with Crippen LogP contribution in [0.3, 0.4) is 0 Å². The molecule has 0 aromatic heterocycles. The van der Waals surface area contributed by atoms with E-state index in [2.05, 4.69) is 11.4 Å². The molecular formula is C19H16N4O2. The van der Waals surface area contributed by atoms with E-state index >= 15 is 0 Å². The molecule has 25 heavy (non-hydrogen) atoms. The van der Waals surface area contributed by atoms with Crippen molar-refractivity contribution in [3.8, 4) is 18.2 Å². The summed E-state index contributed by atoms with van der Waals surface area (Å²) in [6.07, 6.45) is 1.92. The number of nitriles is 3. The molecule has 0 radical (unpaired) electrons. The van der Waals surface area contributed by atoms with E-state index in [1.165, 1.54) is 0 Å². The van der Waals surface area contributed by atoms with Gasteiger partial charge in [-0.25, -0.2) is 0 Å². The second-order valence-corrected chi connectivity index (χ2v) is 7.00. The first-order chi connectivity index (χ1) is 12.1. The van der Waals surface area contributed by atoms with Gasteiger partial charge < -0.3 is 10.1 Å². The van der Waals surface area contributed by atoms with Gasteiger partial charge in [-0.2, -0.15) is 15.8 Å². The van der Waals surface area contributed by atoms with Crippen LogP contribution >= 0.6 is 0 Å². The average molecular weight is 332 g/mol. The van der Waals surface area contributed by atoms with Crippen molar-refractivity contribution in [2.24, 2.45) is 16.7 Å². The van der Waals surface area contributed by atoms with Gasteiger partial charge in [0.15, 0.2) is 5.41 Å². The smallest absolute Gasteiger partial charge is 0.246 e. The van der Waals surface area contributed by atoms with E-state index in [0.29, 0.717) is 18.4 Å². The molecule has 124 valence electrons.